The highest BCUT2D eigenvalue weighted by Crippen LogP contribution is 2.40. The molecule has 0 saturated carbocycles. The third kappa shape index (κ3) is 2.34. The number of carbonyl (C=O) groups is 2. The molecule has 2 aliphatic rings. The van der Waals surface area contributed by atoms with Crippen LogP contribution in [0.3, 0.4) is 0 Å². The zero-order chi connectivity index (χ0) is 15.0. The van der Waals surface area contributed by atoms with Crippen LogP contribution in [0.25, 0.3) is 0 Å². The van der Waals surface area contributed by atoms with Gasteiger partial charge in [-0.2, -0.15) is 0 Å². The minimum atomic E-state index is -0.374. The molecule has 2 fully saturated rings. The molecule has 2 saturated heterocycles. The van der Waals surface area contributed by atoms with Gasteiger partial charge in [0.15, 0.2) is 0 Å². The Labute approximate surface area is 123 Å². The van der Waals surface area contributed by atoms with Gasteiger partial charge in [-0.15, -0.1) is 0 Å². The van der Waals surface area contributed by atoms with Gasteiger partial charge in [0, 0.05) is 38.4 Å². The monoisotopic (exact) mass is 288 g/mol. The lowest BCUT2D eigenvalue weighted by atomic mass is 9.78. The van der Waals surface area contributed by atoms with Crippen molar-refractivity contribution in [1.29, 1.82) is 0 Å². The number of carbonyl (C=O) groups excluding carboxylic acids is 2. The maximum absolute atomic E-state index is 12.5. The number of aromatic nitrogens is 1. The predicted molar refractivity (Wildman–Crippen MR) is 78.5 cm³/mol. The zero-order valence-corrected chi connectivity index (χ0v) is 12.2. The number of anilines is 1. The van der Waals surface area contributed by atoms with Crippen molar-refractivity contribution in [3.8, 4) is 0 Å². The number of rotatable bonds is 1. The number of nitrogen functional groups attached to an aromatic ring is 1. The second kappa shape index (κ2) is 5.02. The summed E-state index contributed by atoms with van der Waals surface area (Å²) in [5.41, 5.74) is 5.79. The second-order valence-corrected chi connectivity index (χ2v) is 6.06. The quantitative estimate of drug-likeness (QED) is 0.827. The average Bonchev–Trinajstić information content (AvgIpc) is 2.89. The summed E-state index contributed by atoms with van der Waals surface area (Å²) in [7, 11) is 1.84. The summed E-state index contributed by atoms with van der Waals surface area (Å²) in [4.78, 5) is 32.5. The van der Waals surface area contributed by atoms with E-state index in [0.29, 0.717) is 24.5 Å². The van der Waals surface area contributed by atoms with Crippen LogP contribution in [0.5, 0.6) is 0 Å². The molecule has 6 nitrogen and oxygen atoms in total. The Morgan fingerprint density at radius 1 is 1.38 bits per heavy atom. The Hall–Kier alpha value is -2.11. The number of likely N-dealkylation sites (tertiary alicyclic amines) is 2. The van der Waals surface area contributed by atoms with Gasteiger partial charge in [-0.3, -0.25) is 9.59 Å². The molecule has 6 heteroatoms. The van der Waals surface area contributed by atoms with Crippen LogP contribution < -0.4 is 5.73 Å². The standard InChI is InChI=1S/C15H20N4O2/c1-18-7-2-4-15(14(18)21)5-8-19(10-15)13(20)11-3-6-17-12(16)9-11/h3,6,9H,2,4-5,7-8,10H2,1H3,(H2,16,17). The molecule has 0 aliphatic carbocycles. The number of nitrogens with two attached hydrogens (primary N) is 1. The van der Waals surface area contributed by atoms with Gasteiger partial charge in [0.05, 0.1) is 5.41 Å². The number of pyridine rings is 1. The van der Waals surface area contributed by atoms with Gasteiger partial charge in [-0.05, 0) is 31.4 Å². The number of hydrogen-bond donors (Lipinski definition) is 1. The fourth-order valence-corrected chi connectivity index (χ4v) is 3.46. The first-order chi connectivity index (χ1) is 10.0. The van der Waals surface area contributed by atoms with E-state index in [1.54, 1.807) is 21.9 Å². The van der Waals surface area contributed by atoms with Crippen molar-refractivity contribution in [1.82, 2.24) is 14.8 Å². The van der Waals surface area contributed by atoms with Gasteiger partial charge in [0.1, 0.15) is 5.82 Å². The molecule has 3 rings (SSSR count). The van der Waals surface area contributed by atoms with Crippen LogP contribution in [0.2, 0.25) is 0 Å². The molecule has 0 aromatic carbocycles. The number of piperidine rings is 1. The molecule has 0 radical (unpaired) electrons. The van der Waals surface area contributed by atoms with E-state index in [4.69, 9.17) is 5.73 Å². The summed E-state index contributed by atoms with van der Waals surface area (Å²) in [5, 5.41) is 0. The summed E-state index contributed by atoms with van der Waals surface area (Å²) < 4.78 is 0. The maximum atomic E-state index is 12.5. The van der Waals surface area contributed by atoms with Crippen molar-refractivity contribution in [3.63, 3.8) is 0 Å². The highest BCUT2D eigenvalue weighted by atomic mass is 16.2. The lowest BCUT2D eigenvalue weighted by Crippen LogP contribution is -2.48. The predicted octanol–water partition coefficient (Wildman–Crippen LogP) is 0.748. The Morgan fingerprint density at radius 2 is 2.19 bits per heavy atom. The van der Waals surface area contributed by atoms with Crippen LogP contribution in [-0.2, 0) is 4.79 Å². The van der Waals surface area contributed by atoms with Gasteiger partial charge >= 0.3 is 0 Å². The van der Waals surface area contributed by atoms with Crippen molar-refractivity contribution < 1.29 is 9.59 Å². The molecule has 3 heterocycles. The molecular formula is C15H20N4O2. The van der Waals surface area contributed by atoms with E-state index in [0.717, 1.165) is 25.8 Å². The van der Waals surface area contributed by atoms with Gasteiger partial charge in [0.25, 0.3) is 5.91 Å². The smallest absolute Gasteiger partial charge is 0.254 e. The molecule has 112 valence electrons. The second-order valence-electron chi connectivity index (χ2n) is 6.06. The van der Waals surface area contributed by atoms with E-state index in [9.17, 15) is 9.59 Å². The first-order valence-corrected chi connectivity index (χ1v) is 7.28. The Bertz CT molecular complexity index is 589. The highest BCUT2D eigenvalue weighted by molar-refractivity contribution is 5.96. The van der Waals surface area contributed by atoms with Gasteiger partial charge in [-0.1, -0.05) is 0 Å². The van der Waals surface area contributed by atoms with E-state index in [-0.39, 0.29) is 17.2 Å². The fourth-order valence-electron chi connectivity index (χ4n) is 3.46. The highest BCUT2D eigenvalue weighted by Gasteiger charge is 2.48. The molecule has 2 amide bonds. The molecule has 2 aliphatic heterocycles. The lowest BCUT2D eigenvalue weighted by Gasteiger charge is -2.37. The summed E-state index contributed by atoms with van der Waals surface area (Å²) in [6.45, 7) is 1.95. The molecule has 1 spiro atoms. The van der Waals surface area contributed by atoms with Gasteiger partial charge < -0.3 is 15.5 Å². The van der Waals surface area contributed by atoms with Gasteiger partial charge in [-0.25, -0.2) is 4.98 Å². The van der Waals surface area contributed by atoms with E-state index in [2.05, 4.69) is 4.98 Å². The first kappa shape index (κ1) is 13.9. The molecular weight excluding hydrogens is 268 g/mol. The lowest BCUT2D eigenvalue weighted by molar-refractivity contribution is -0.143. The Morgan fingerprint density at radius 3 is 2.95 bits per heavy atom. The van der Waals surface area contributed by atoms with E-state index in [1.165, 1.54) is 6.20 Å². The SMILES string of the molecule is CN1CCCC2(CCN(C(=O)c3ccnc(N)c3)C2)C1=O. The van der Waals surface area contributed by atoms with E-state index in [1.807, 2.05) is 7.05 Å². The fraction of sp³-hybridized carbons (Fsp3) is 0.533. The first-order valence-electron chi connectivity index (χ1n) is 7.28. The summed E-state index contributed by atoms with van der Waals surface area (Å²) in [6, 6.07) is 3.25. The van der Waals surface area contributed by atoms with Crippen LogP contribution in [-0.4, -0.2) is 53.3 Å². The normalized spacial score (nSPS) is 25.7. The van der Waals surface area contributed by atoms with Crippen molar-refractivity contribution >= 4 is 17.6 Å². The van der Waals surface area contributed by atoms with Gasteiger partial charge in [0.2, 0.25) is 5.91 Å². The minimum Gasteiger partial charge on any atom is -0.384 e. The van der Waals surface area contributed by atoms with Crippen molar-refractivity contribution in [2.75, 3.05) is 32.4 Å². The molecule has 1 atom stereocenters. The number of hydrogen-bond acceptors (Lipinski definition) is 4. The van der Waals surface area contributed by atoms with Crippen LogP contribution in [0.15, 0.2) is 18.3 Å². The molecule has 1 aromatic rings. The summed E-state index contributed by atoms with van der Waals surface area (Å²) >= 11 is 0. The van der Waals surface area contributed by atoms with E-state index >= 15 is 0 Å². The molecule has 2 N–H and O–H groups in total. The molecule has 21 heavy (non-hydrogen) atoms. The maximum Gasteiger partial charge on any atom is 0.254 e. The third-order valence-electron chi connectivity index (χ3n) is 4.62. The minimum absolute atomic E-state index is 0.0676. The summed E-state index contributed by atoms with van der Waals surface area (Å²) in [6.07, 6.45) is 4.17. The zero-order valence-electron chi connectivity index (χ0n) is 12.2. The van der Waals surface area contributed by atoms with Crippen LogP contribution in [0.4, 0.5) is 5.82 Å². The Kier molecular flexibility index (Phi) is 3.31. The number of amides is 2. The largest absolute Gasteiger partial charge is 0.384 e. The molecule has 0 bridgehead atoms. The number of nitrogens with zero attached hydrogens (tertiary/aromatic N) is 3. The van der Waals surface area contributed by atoms with Crippen molar-refractivity contribution in [3.05, 3.63) is 23.9 Å². The van der Waals surface area contributed by atoms with E-state index < -0.39 is 0 Å². The Balaban J connectivity index is 1.78. The third-order valence-corrected chi connectivity index (χ3v) is 4.62. The summed E-state index contributed by atoms with van der Waals surface area (Å²) in [5.74, 6) is 0.448. The van der Waals surface area contributed by atoms with Crippen LogP contribution in [0, 0.1) is 5.41 Å². The van der Waals surface area contributed by atoms with Crippen LogP contribution in [0.1, 0.15) is 29.6 Å². The molecule has 1 aromatic heterocycles. The molecule has 1 unspecified atom stereocenters. The van der Waals surface area contributed by atoms with Crippen molar-refractivity contribution in [2.24, 2.45) is 5.41 Å². The van der Waals surface area contributed by atoms with Crippen LogP contribution >= 0.6 is 0 Å². The average molecular weight is 288 g/mol. The topological polar surface area (TPSA) is 79.5 Å². The van der Waals surface area contributed by atoms with Crippen molar-refractivity contribution in [2.45, 2.75) is 19.3 Å².